The van der Waals surface area contributed by atoms with Gasteiger partial charge in [-0.15, -0.1) is 0 Å². The summed E-state index contributed by atoms with van der Waals surface area (Å²) in [6.45, 7) is 1.93. The minimum Gasteiger partial charge on any atom is -0.497 e. The Kier molecular flexibility index (Phi) is 6.87. The van der Waals surface area contributed by atoms with Crippen LogP contribution in [0.1, 0.15) is 24.9 Å². The highest BCUT2D eigenvalue weighted by molar-refractivity contribution is 7.99. The van der Waals surface area contributed by atoms with E-state index in [1.165, 1.54) is 4.31 Å². The minimum atomic E-state index is -3.85. The molecule has 1 aliphatic heterocycles. The summed E-state index contributed by atoms with van der Waals surface area (Å²) in [4.78, 5) is 12.1. The Labute approximate surface area is 175 Å². The summed E-state index contributed by atoms with van der Waals surface area (Å²) >= 11 is 1.58. The summed E-state index contributed by atoms with van der Waals surface area (Å²) in [5.41, 5.74) is 0.829. The first kappa shape index (κ1) is 21.7. The van der Waals surface area contributed by atoms with Crippen LogP contribution in [-0.2, 0) is 14.8 Å². The molecule has 6 nitrogen and oxygen atoms in total. The lowest BCUT2D eigenvalue weighted by molar-refractivity contribution is -0.143. The van der Waals surface area contributed by atoms with Crippen LogP contribution >= 0.6 is 11.8 Å². The maximum Gasteiger partial charge on any atom is 0.308 e. The lowest BCUT2D eigenvalue weighted by Crippen LogP contribution is -2.49. The Morgan fingerprint density at radius 2 is 1.83 bits per heavy atom. The number of aliphatic carboxylic acids is 1. The van der Waals surface area contributed by atoms with E-state index in [4.69, 9.17) is 4.74 Å². The molecule has 1 fully saturated rings. The zero-order valence-corrected chi connectivity index (χ0v) is 18.0. The average molecular weight is 436 g/mol. The van der Waals surface area contributed by atoms with Gasteiger partial charge in [0.25, 0.3) is 0 Å². The molecule has 3 atom stereocenters. The van der Waals surface area contributed by atoms with Crippen molar-refractivity contribution in [1.82, 2.24) is 4.31 Å². The summed E-state index contributed by atoms with van der Waals surface area (Å²) in [6, 6.07) is 15.0. The van der Waals surface area contributed by atoms with Crippen LogP contribution in [0.5, 0.6) is 5.75 Å². The Balaban J connectivity index is 2.05. The van der Waals surface area contributed by atoms with Gasteiger partial charge >= 0.3 is 5.97 Å². The molecule has 29 heavy (non-hydrogen) atoms. The highest BCUT2D eigenvalue weighted by Gasteiger charge is 2.45. The van der Waals surface area contributed by atoms with E-state index in [-0.39, 0.29) is 16.7 Å². The standard InChI is InChI=1S/C21H25NO5S2/c1-3-28-20-13-19(15-9-11-16(27-2)12-10-15)22(14-18(20)21(23)24)29(25,26)17-7-5-4-6-8-17/h4-12,18-20H,3,13-14H2,1-2H3,(H,23,24)/t18-,19+,20-/m1/s1. The fourth-order valence-electron chi connectivity index (χ4n) is 3.70. The maximum atomic E-state index is 13.4. The first-order valence-electron chi connectivity index (χ1n) is 9.43. The van der Waals surface area contributed by atoms with Gasteiger partial charge in [0.1, 0.15) is 5.75 Å². The third-order valence-electron chi connectivity index (χ3n) is 5.18. The van der Waals surface area contributed by atoms with Crippen molar-refractivity contribution in [3.63, 3.8) is 0 Å². The zero-order valence-electron chi connectivity index (χ0n) is 16.4. The highest BCUT2D eigenvalue weighted by Crippen LogP contribution is 2.42. The number of methoxy groups -OCH3 is 1. The molecule has 0 aliphatic carbocycles. The van der Waals surface area contributed by atoms with E-state index in [0.717, 1.165) is 11.3 Å². The van der Waals surface area contributed by atoms with Crippen molar-refractivity contribution in [3.8, 4) is 5.75 Å². The predicted octanol–water partition coefficient (Wildman–Crippen LogP) is 3.65. The Morgan fingerprint density at radius 1 is 1.17 bits per heavy atom. The third-order valence-corrected chi connectivity index (χ3v) is 8.35. The fourth-order valence-corrected chi connectivity index (χ4v) is 6.55. The van der Waals surface area contributed by atoms with Crippen LogP contribution in [0.3, 0.4) is 0 Å². The second-order valence-corrected chi connectivity index (χ2v) is 10.3. The molecule has 0 aromatic heterocycles. The van der Waals surface area contributed by atoms with Crippen molar-refractivity contribution < 1.29 is 23.1 Å². The van der Waals surface area contributed by atoms with Gasteiger partial charge in [-0.3, -0.25) is 4.79 Å². The second-order valence-electron chi connectivity index (χ2n) is 6.85. The van der Waals surface area contributed by atoms with Crippen molar-refractivity contribution >= 4 is 27.8 Å². The molecule has 1 heterocycles. The lowest BCUT2D eigenvalue weighted by atomic mass is 9.90. The average Bonchev–Trinajstić information content (AvgIpc) is 2.74. The normalized spacial score (nSPS) is 22.9. The number of carbonyl (C=O) groups is 1. The van der Waals surface area contributed by atoms with Crippen LogP contribution in [0, 0.1) is 5.92 Å². The zero-order chi connectivity index (χ0) is 21.0. The van der Waals surface area contributed by atoms with Gasteiger partial charge in [-0.05, 0) is 42.0 Å². The molecule has 3 rings (SSSR count). The molecule has 0 amide bonds. The van der Waals surface area contributed by atoms with Gasteiger partial charge in [0, 0.05) is 11.8 Å². The van der Waals surface area contributed by atoms with E-state index in [1.807, 2.05) is 19.1 Å². The van der Waals surface area contributed by atoms with E-state index in [1.54, 1.807) is 61.3 Å². The summed E-state index contributed by atoms with van der Waals surface area (Å²) < 4.78 is 33.4. The Bertz CT molecular complexity index is 931. The number of benzene rings is 2. The van der Waals surface area contributed by atoms with Crippen molar-refractivity contribution in [2.45, 2.75) is 29.5 Å². The van der Waals surface area contributed by atoms with Gasteiger partial charge in [-0.2, -0.15) is 16.1 Å². The molecule has 0 spiro atoms. The smallest absolute Gasteiger partial charge is 0.308 e. The number of ether oxygens (including phenoxy) is 1. The number of hydrogen-bond donors (Lipinski definition) is 1. The first-order chi connectivity index (χ1) is 13.9. The number of piperidine rings is 1. The van der Waals surface area contributed by atoms with Gasteiger partial charge < -0.3 is 9.84 Å². The predicted molar refractivity (Wildman–Crippen MR) is 114 cm³/mol. The van der Waals surface area contributed by atoms with Crippen LogP contribution < -0.4 is 4.74 Å². The number of nitrogens with zero attached hydrogens (tertiary/aromatic N) is 1. The molecular weight excluding hydrogens is 410 g/mol. The number of carboxylic acid groups (broad SMARTS) is 1. The molecular formula is C21H25NO5S2. The topological polar surface area (TPSA) is 83.9 Å². The summed E-state index contributed by atoms with van der Waals surface area (Å²) in [7, 11) is -2.27. The number of sulfonamides is 1. The van der Waals surface area contributed by atoms with Gasteiger partial charge in [0.05, 0.1) is 24.0 Å². The molecule has 1 saturated heterocycles. The molecule has 2 aromatic rings. The third kappa shape index (κ3) is 4.60. The largest absolute Gasteiger partial charge is 0.497 e. The maximum absolute atomic E-state index is 13.4. The molecule has 8 heteroatoms. The van der Waals surface area contributed by atoms with Gasteiger partial charge in [-0.25, -0.2) is 8.42 Å². The molecule has 156 valence electrons. The summed E-state index contributed by atoms with van der Waals surface area (Å²) in [6.07, 6.45) is 0.438. The monoisotopic (exact) mass is 435 g/mol. The first-order valence-corrected chi connectivity index (χ1v) is 11.9. The summed E-state index contributed by atoms with van der Waals surface area (Å²) in [5.74, 6) is -0.259. The van der Waals surface area contributed by atoms with E-state index in [9.17, 15) is 18.3 Å². The van der Waals surface area contributed by atoms with Crippen molar-refractivity contribution in [1.29, 1.82) is 0 Å². The molecule has 2 aromatic carbocycles. The minimum absolute atomic E-state index is 0.0546. The quantitative estimate of drug-likeness (QED) is 0.715. The van der Waals surface area contributed by atoms with E-state index < -0.39 is 28.0 Å². The van der Waals surface area contributed by atoms with Crippen LogP contribution in [0.15, 0.2) is 59.5 Å². The van der Waals surface area contributed by atoms with Crippen molar-refractivity contribution in [3.05, 3.63) is 60.2 Å². The number of hydrogen-bond acceptors (Lipinski definition) is 5. The van der Waals surface area contributed by atoms with Crippen molar-refractivity contribution in [2.75, 3.05) is 19.4 Å². The van der Waals surface area contributed by atoms with E-state index in [0.29, 0.717) is 12.2 Å². The number of rotatable bonds is 7. The number of thioether (sulfide) groups is 1. The molecule has 1 N–H and O–H groups in total. The molecule has 0 bridgehead atoms. The van der Waals surface area contributed by atoms with Gasteiger partial charge in [0.2, 0.25) is 10.0 Å². The number of carboxylic acids is 1. The molecule has 1 aliphatic rings. The second kappa shape index (κ2) is 9.19. The van der Waals surface area contributed by atoms with Crippen LogP contribution in [0.25, 0.3) is 0 Å². The fraction of sp³-hybridized carbons (Fsp3) is 0.381. The van der Waals surface area contributed by atoms with Crippen LogP contribution in [0.4, 0.5) is 0 Å². The molecule has 0 saturated carbocycles. The van der Waals surface area contributed by atoms with Crippen LogP contribution in [-0.4, -0.2) is 48.5 Å². The summed E-state index contributed by atoms with van der Waals surface area (Å²) in [5, 5.41) is 9.60. The van der Waals surface area contributed by atoms with E-state index >= 15 is 0 Å². The molecule has 0 unspecified atom stereocenters. The van der Waals surface area contributed by atoms with Gasteiger partial charge in [0.15, 0.2) is 0 Å². The van der Waals surface area contributed by atoms with E-state index in [2.05, 4.69) is 0 Å². The van der Waals surface area contributed by atoms with Crippen LogP contribution in [0.2, 0.25) is 0 Å². The highest BCUT2D eigenvalue weighted by atomic mass is 32.2. The molecule has 0 radical (unpaired) electrons. The van der Waals surface area contributed by atoms with Gasteiger partial charge in [-0.1, -0.05) is 37.3 Å². The SMILES string of the molecule is CCS[C@@H]1C[C@@H](c2ccc(OC)cc2)N(S(=O)(=O)c2ccccc2)C[C@H]1C(=O)O. The van der Waals surface area contributed by atoms with Crippen molar-refractivity contribution in [2.24, 2.45) is 5.92 Å². The Morgan fingerprint density at radius 3 is 2.38 bits per heavy atom. The Hall–Kier alpha value is -2.03. The lowest BCUT2D eigenvalue weighted by Gasteiger charge is -2.41.